The molecular formula is C5H10N2. The van der Waals surface area contributed by atoms with Gasteiger partial charge in [-0.25, -0.2) is 0 Å². The van der Waals surface area contributed by atoms with Crippen LogP contribution < -0.4 is 5.73 Å². The van der Waals surface area contributed by atoms with Crippen LogP contribution >= 0.6 is 0 Å². The van der Waals surface area contributed by atoms with E-state index in [4.69, 9.17) is 11.1 Å². The smallest absolute Gasteiger partial charge is 0.0452 e. The minimum Gasteiger partial charge on any atom is -0.398 e. The largest absolute Gasteiger partial charge is 0.398 e. The second kappa shape index (κ2) is 3.40. The summed E-state index contributed by atoms with van der Waals surface area (Å²) in [4.78, 5) is 0. The minimum atomic E-state index is 0.544. The summed E-state index contributed by atoms with van der Waals surface area (Å²) in [7, 11) is 0. The number of nitrogens with two attached hydrogens (primary N) is 1. The summed E-state index contributed by atoms with van der Waals surface area (Å²) >= 11 is 0. The topological polar surface area (TPSA) is 49.9 Å². The van der Waals surface area contributed by atoms with Crippen LogP contribution in [0, 0.1) is 5.41 Å². The van der Waals surface area contributed by atoms with Crippen LogP contribution in [0.25, 0.3) is 0 Å². The number of rotatable bonds is 2. The summed E-state index contributed by atoms with van der Waals surface area (Å²) in [5.41, 5.74) is 5.75. The molecule has 0 bridgehead atoms. The molecule has 0 unspecified atom stereocenters. The predicted molar refractivity (Wildman–Crippen MR) is 31.3 cm³/mol. The van der Waals surface area contributed by atoms with Crippen molar-refractivity contribution in [1.82, 2.24) is 0 Å². The van der Waals surface area contributed by atoms with Gasteiger partial charge in [-0.15, -0.1) is 0 Å². The summed E-state index contributed by atoms with van der Waals surface area (Å²) in [5, 5.41) is 6.59. The highest BCUT2D eigenvalue weighted by Crippen LogP contribution is 1.80. The highest BCUT2D eigenvalue weighted by atomic mass is 14.6. The standard InChI is InChI=1S/C5H10N2/c1-2-3-5(7)4-6/h3-4,6H,2,7H2,1H3/b5-3-,6-4?. The van der Waals surface area contributed by atoms with Crippen LogP contribution in [0.3, 0.4) is 0 Å². The first kappa shape index (κ1) is 6.21. The fourth-order valence-electron chi connectivity index (χ4n) is 0.295. The van der Waals surface area contributed by atoms with Gasteiger partial charge in [-0.05, 0) is 6.42 Å². The third-order valence-electron chi connectivity index (χ3n) is 0.606. The first-order valence-corrected chi connectivity index (χ1v) is 2.27. The highest BCUT2D eigenvalue weighted by Gasteiger charge is 1.73. The third-order valence-corrected chi connectivity index (χ3v) is 0.606. The van der Waals surface area contributed by atoms with Gasteiger partial charge in [0.05, 0.1) is 0 Å². The van der Waals surface area contributed by atoms with Crippen LogP contribution in [0.15, 0.2) is 11.8 Å². The van der Waals surface area contributed by atoms with Crippen LogP contribution in [0.5, 0.6) is 0 Å². The maximum atomic E-state index is 6.59. The fourth-order valence-corrected chi connectivity index (χ4v) is 0.295. The summed E-state index contributed by atoms with van der Waals surface area (Å²) in [5.74, 6) is 0. The molecule has 0 aliphatic rings. The molecule has 0 fully saturated rings. The number of allylic oxidation sites excluding steroid dienone is 2. The number of hydrogen-bond acceptors (Lipinski definition) is 2. The Bertz CT molecular complexity index is 84.1. The average molecular weight is 98.1 g/mol. The SMILES string of the molecule is CC/C=C(\N)C=N. The van der Waals surface area contributed by atoms with Gasteiger partial charge in [0, 0.05) is 11.9 Å². The van der Waals surface area contributed by atoms with Crippen molar-refractivity contribution in [1.29, 1.82) is 5.41 Å². The van der Waals surface area contributed by atoms with Gasteiger partial charge in [0.15, 0.2) is 0 Å². The Balaban J connectivity index is 3.49. The lowest BCUT2D eigenvalue weighted by atomic mass is 10.4. The van der Waals surface area contributed by atoms with E-state index in [0.29, 0.717) is 5.70 Å². The molecule has 0 rings (SSSR count). The van der Waals surface area contributed by atoms with Crippen molar-refractivity contribution in [2.24, 2.45) is 5.73 Å². The van der Waals surface area contributed by atoms with Crippen LogP contribution in [0.2, 0.25) is 0 Å². The quantitative estimate of drug-likeness (QED) is 0.495. The summed E-state index contributed by atoms with van der Waals surface area (Å²) < 4.78 is 0. The van der Waals surface area contributed by atoms with Gasteiger partial charge >= 0.3 is 0 Å². The van der Waals surface area contributed by atoms with Crippen molar-refractivity contribution in [3.8, 4) is 0 Å². The van der Waals surface area contributed by atoms with Crippen molar-refractivity contribution in [2.45, 2.75) is 13.3 Å². The van der Waals surface area contributed by atoms with E-state index >= 15 is 0 Å². The molecular weight excluding hydrogens is 88.1 g/mol. The van der Waals surface area contributed by atoms with Crippen molar-refractivity contribution < 1.29 is 0 Å². The number of hydrogen-bond donors (Lipinski definition) is 2. The fraction of sp³-hybridized carbons (Fsp3) is 0.400. The van der Waals surface area contributed by atoms with Crippen molar-refractivity contribution in [3.05, 3.63) is 11.8 Å². The molecule has 0 aliphatic carbocycles. The highest BCUT2D eigenvalue weighted by molar-refractivity contribution is 5.73. The van der Waals surface area contributed by atoms with Crippen LogP contribution in [0.1, 0.15) is 13.3 Å². The molecule has 0 aromatic rings. The van der Waals surface area contributed by atoms with Crippen LogP contribution in [-0.2, 0) is 0 Å². The Morgan fingerprint density at radius 2 is 2.43 bits per heavy atom. The van der Waals surface area contributed by atoms with E-state index in [2.05, 4.69) is 0 Å². The Morgan fingerprint density at radius 1 is 1.86 bits per heavy atom. The Morgan fingerprint density at radius 3 is 2.57 bits per heavy atom. The maximum Gasteiger partial charge on any atom is 0.0452 e. The van der Waals surface area contributed by atoms with Crippen LogP contribution in [-0.4, -0.2) is 6.21 Å². The van der Waals surface area contributed by atoms with Gasteiger partial charge in [-0.3, -0.25) is 0 Å². The van der Waals surface area contributed by atoms with E-state index < -0.39 is 0 Å². The van der Waals surface area contributed by atoms with Gasteiger partial charge in [0.2, 0.25) is 0 Å². The number of nitrogens with one attached hydrogen (secondary N) is 1. The molecule has 0 heterocycles. The molecule has 0 radical (unpaired) electrons. The van der Waals surface area contributed by atoms with Crippen molar-refractivity contribution >= 4 is 6.21 Å². The van der Waals surface area contributed by atoms with E-state index in [1.54, 1.807) is 6.08 Å². The zero-order valence-electron chi connectivity index (χ0n) is 4.44. The monoisotopic (exact) mass is 98.1 g/mol. The van der Waals surface area contributed by atoms with Gasteiger partial charge in [0.1, 0.15) is 0 Å². The molecule has 0 aromatic carbocycles. The van der Waals surface area contributed by atoms with Gasteiger partial charge < -0.3 is 11.1 Å². The third kappa shape index (κ3) is 3.03. The Labute approximate surface area is 43.5 Å². The molecule has 40 valence electrons. The molecule has 0 spiro atoms. The Hall–Kier alpha value is -0.790. The van der Waals surface area contributed by atoms with E-state index in [1.807, 2.05) is 6.92 Å². The lowest BCUT2D eigenvalue weighted by molar-refractivity contribution is 1.20. The first-order chi connectivity index (χ1) is 3.31. The second-order valence-corrected chi connectivity index (χ2v) is 1.26. The van der Waals surface area contributed by atoms with E-state index in [9.17, 15) is 0 Å². The van der Waals surface area contributed by atoms with Gasteiger partial charge in [-0.2, -0.15) is 0 Å². The first-order valence-electron chi connectivity index (χ1n) is 2.27. The normalized spacial score (nSPS) is 11.3. The molecule has 0 aromatic heterocycles. The summed E-state index contributed by atoms with van der Waals surface area (Å²) in [6.07, 6.45) is 3.84. The predicted octanol–water partition coefficient (Wildman–Crippen LogP) is 0.889. The zero-order valence-corrected chi connectivity index (χ0v) is 4.44. The maximum absolute atomic E-state index is 6.59. The summed E-state index contributed by atoms with van der Waals surface area (Å²) in [6.45, 7) is 1.98. The second-order valence-electron chi connectivity index (χ2n) is 1.26. The van der Waals surface area contributed by atoms with E-state index in [0.717, 1.165) is 12.6 Å². The van der Waals surface area contributed by atoms with Crippen molar-refractivity contribution in [3.63, 3.8) is 0 Å². The molecule has 0 saturated heterocycles. The molecule has 7 heavy (non-hydrogen) atoms. The molecule has 0 aliphatic heterocycles. The van der Waals surface area contributed by atoms with Crippen LogP contribution in [0.4, 0.5) is 0 Å². The molecule has 0 saturated carbocycles. The molecule has 3 N–H and O–H groups in total. The van der Waals surface area contributed by atoms with E-state index in [1.165, 1.54) is 0 Å². The minimum absolute atomic E-state index is 0.544. The van der Waals surface area contributed by atoms with Crippen molar-refractivity contribution in [2.75, 3.05) is 0 Å². The lowest BCUT2D eigenvalue weighted by Gasteiger charge is -1.83. The van der Waals surface area contributed by atoms with E-state index in [-0.39, 0.29) is 0 Å². The molecule has 2 heteroatoms. The van der Waals surface area contributed by atoms with Gasteiger partial charge in [0.25, 0.3) is 0 Å². The Kier molecular flexibility index (Phi) is 3.02. The summed E-state index contributed by atoms with van der Waals surface area (Å²) in [6, 6.07) is 0. The average Bonchev–Trinajstić information content (AvgIpc) is 1.68. The molecule has 0 atom stereocenters. The molecule has 0 amide bonds. The molecule has 2 nitrogen and oxygen atoms in total. The zero-order chi connectivity index (χ0) is 5.70. The van der Waals surface area contributed by atoms with Gasteiger partial charge in [-0.1, -0.05) is 13.0 Å². The lowest BCUT2D eigenvalue weighted by Crippen LogP contribution is -1.95.